The Morgan fingerprint density at radius 2 is 1.38 bits per heavy atom. The Kier molecular flexibility index (Phi) is 12.8. The number of pyridine rings is 2. The summed E-state index contributed by atoms with van der Waals surface area (Å²) in [6, 6.07) is 0. The van der Waals surface area contributed by atoms with Crippen LogP contribution in [0.15, 0.2) is 33.1 Å². The predicted octanol–water partition coefficient (Wildman–Crippen LogP) is 2.89. The molecule has 4 aliphatic rings. The Hall–Kier alpha value is -4.72. The fraction of sp³-hybridized carbons (Fsp3) is 0.535. The number of hydrogen-bond acceptors (Lipinski definition) is 10. The summed E-state index contributed by atoms with van der Waals surface area (Å²) in [7, 11) is 3.34. The number of ether oxygens (including phenoxy) is 3. The van der Waals surface area contributed by atoms with Crippen LogP contribution in [0.5, 0.6) is 0 Å². The Balaban J connectivity index is 0.000000211. The minimum absolute atomic E-state index is 0.0626. The van der Waals surface area contributed by atoms with Crippen molar-refractivity contribution in [2.45, 2.75) is 84.8 Å². The van der Waals surface area contributed by atoms with Crippen LogP contribution in [0.3, 0.4) is 0 Å². The first-order valence-corrected chi connectivity index (χ1v) is 19.1. The van der Waals surface area contributed by atoms with Gasteiger partial charge in [-0.3, -0.25) is 9.59 Å². The second kappa shape index (κ2) is 17.0. The number of piperidine rings is 1. The molecule has 0 bridgehead atoms. The lowest BCUT2D eigenvalue weighted by Crippen LogP contribution is -2.43. The fourth-order valence-corrected chi connectivity index (χ4v) is 7.60. The van der Waals surface area contributed by atoms with Crippen LogP contribution in [0.2, 0.25) is 0 Å². The first-order valence-electron chi connectivity index (χ1n) is 19.1. The Labute approximate surface area is 322 Å². The summed E-state index contributed by atoms with van der Waals surface area (Å²) >= 11 is 0. The molecule has 0 spiro atoms. The third-order valence-corrected chi connectivity index (χ3v) is 10.9. The zero-order valence-electron chi connectivity index (χ0n) is 33.3. The van der Waals surface area contributed by atoms with E-state index in [0.29, 0.717) is 83.4 Å². The summed E-state index contributed by atoms with van der Waals surface area (Å²) in [5.41, 5.74) is 3.30. The van der Waals surface area contributed by atoms with E-state index >= 15 is 0 Å². The lowest BCUT2D eigenvalue weighted by atomic mass is 9.88. The molecule has 55 heavy (non-hydrogen) atoms. The molecule has 4 heterocycles. The quantitative estimate of drug-likeness (QED) is 0.333. The second-order valence-electron chi connectivity index (χ2n) is 14.9. The van der Waals surface area contributed by atoms with Gasteiger partial charge in [-0.25, -0.2) is 9.59 Å². The van der Waals surface area contributed by atoms with Crippen LogP contribution in [0.25, 0.3) is 11.1 Å². The monoisotopic (exact) mass is 755 g/mol. The molecule has 2 atom stereocenters. The van der Waals surface area contributed by atoms with Crippen molar-refractivity contribution in [1.82, 2.24) is 14.0 Å². The van der Waals surface area contributed by atoms with Crippen molar-refractivity contribution in [2.24, 2.45) is 20.0 Å². The van der Waals surface area contributed by atoms with Gasteiger partial charge in [0, 0.05) is 111 Å². The molecule has 0 radical (unpaired) electrons. The standard InChI is InChI=1S/C22H28N2O4.C21H25NO5/c1-5-24-11-9-22(27,10-12-24)8-7-16-14-23(4)20(25)17-13-15(3)18(19(16)17)21(26)28-6-2;1-5-27-20(24)17-13(2)10-16-18(17)14(11-22(4)19(16)23)6-8-21(3,25)15-7-9-26-12-15/h14,27H,5-6,9-13H2,1-4H3;11,15,25H,5,7,9-10,12H2,1-4H3. The van der Waals surface area contributed by atoms with Crippen molar-refractivity contribution in [1.29, 1.82) is 0 Å². The fourth-order valence-electron chi connectivity index (χ4n) is 7.60. The molecule has 0 saturated carbocycles. The first-order chi connectivity index (χ1) is 26.0. The number of carbonyl (C=O) groups is 2. The highest BCUT2D eigenvalue weighted by Gasteiger charge is 2.35. The van der Waals surface area contributed by atoms with E-state index < -0.39 is 23.1 Å². The summed E-state index contributed by atoms with van der Waals surface area (Å²) in [4.78, 5) is 52.4. The third kappa shape index (κ3) is 8.74. The van der Waals surface area contributed by atoms with Crippen LogP contribution in [-0.2, 0) is 50.7 Å². The molecule has 2 aromatic rings. The molecule has 6 rings (SSSR count). The topological polar surface area (TPSA) is 150 Å². The lowest BCUT2D eigenvalue weighted by molar-refractivity contribution is -0.137. The molecule has 12 nitrogen and oxygen atoms in total. The highest BCUT2D eigenvalue weighted by molar-refractivity contribution is 6.20. The van der Waals surface area contributed by atoms with Gasteiger partial charge >= 0.3 is 11.9 Å². The second-order valence-corrected chi connectivity index (χ2v) is 14.9. The minimum atomic E-state index is -1.21. The van der Waals surface area contributed by atoms with E-state index in [2.05, 4.69) is 35.5 Å². The Bertz CT molecular complexity index is 2170. The molecule has 2 aromatic heterocycles. The van der Waals surface area contributed by atoms with Crippen LogP contribution in [0, 0.1) is 29.6 Å². The highest BCUT2D eigenvalue weighted by atomic mass is 16.5. The van der Waals surface area contributed by atoms with Gasteiger partial charge in [-0.1, -0.05) is 41.8 Å². The van der Waals surface area contributed by atoms with Crippen LogP contribution in [-0.4, -0.2) is 93.4 Å². The molecular weight excluding hydrogens is 702 g/mol. The number of nitrogens with zero attached hydrogens (tertiary/aromatic N) is 3. The van der Waals surface area contributed by atoms with Crippen LogP contribution in [0.4, 0.5) is 0 Å². The molecular formula is C43H53N3O9. The molecule has 2 aliphatic heterocycles. The molecule has 0 aromatic carbocycles. The predicted molar refractivity (Wildman–Crippen MR) is 209 cm³/mol. The average Bonchev–Trinajstić information content (AvgIpc) is 3.90. The van der Waals surface area contributed by atoms with Crippen molar-refractivity contribution >= 4 is 23.1 Å². The maximum Gasteiger partial charge on any atom is 0.338 e. The van der Waals surface area contributed by atoms with E-state index in [0.717, 1.165) is 37.2 Å². The van der Waals surface area contributed by atoms with E-state index in [1.807, 2.05) is 13.8 Å². The lowest BCUT2D eigenvalue weighted by Gasteiger charge is -2.34. The molecule has 2 N–H and O–H groups in total. The Morgan fingerprint density at radius 1 is 0.891 bits per heavy atom. The number of likely N-dealkylation sites (tertiary alicyclic amines) is 1. The van der Waals surface area contributed by atoms with Crippen molar-refractivity contribution in [2.75, 3.05) is 46.1 Å². The number of rotatable bonds is 6. The maximum atomic E-state index is 12.6. The first kappa shape index (κ1) is 41.4. The molecule has 0 amide bonds. The van der Waals surface area contributed by atoms with Gasteiger partial charge in [-0.15, -0.1) is 0 Å². The Morgan fingerprint density at radius 3 is 1.82 bits per heavy atom. The molecule has 2 unspecified atom stereocenters. The van der Waals surface area contributed by atoms with Crippen molar-refractivity contribution < 1.29 is 34.0 Å². The normalized spacial score (nSPS) is 19.6. The van der Waals surface area contributed by atoms with Gasteiger partial charge in [-0.2, -0.15) is 0 Å². The van der Waals surface area contributed by atoms with Gasteiger partial charge < -0.3 is 38.5 Å². The molecule has 2 aliphatic carbocycles. The summed E-state index contributed by atoms with van der Waals surface area (Å²) < 4.78 is 18.7. The van der Waals surface area contributed by atoms with E-state index in [4.69, 9.17) is 14.2 Å². The third-order valence-electron chi connectivity index (χ3n) is 10.9. The number of carbonyl (C=O) groups excluding carboxylic acids is 2. The number of aromatic nitrogens is 2. The molecule has 294 valence electrons. The van der Waals surface area contributed by atoms with Crippen LogP contribution < -0.4 is 11.1 Å². The van der Waals surface area contributed by atoms with Gasteiger partial charge in [0.25, 0.3) is 11.1 Å². The van der Waals surface area contributed by atoms with Crippen molar-refractivity contribution in [3.8, 4) is 23.7 Å². The van der Waals surface area contributed by atoms with Crippen LogP contribution >= 0.6 is 0 Å². The smallest absolute Gasteiger partial charge is 0.338 e. The summed E-state index contributed by atoms with van der Waals surface area (Å²) in [6.45, 7) is 15.1. The van der Waals surface area contributed by atoms with Gasteiger partial charge in [0.2, 0.25) is 0 Å². The zero-order chi connectivity index (χ0) is 40.2. The van der Waals surface area contributed by atoms with Crippen molar-refractivity contribution in [3.63, 3.8) is 0 Å². The number of aryl methyl sites for hydroxylation is 2. The molecule has 12 heteroatoms. The van der Waals surface area contributed by atoms with Gasteiger partial charge in [-0.05, 0) is 47.6 Å². The molecule has 2 fully saturated rings. The number of esters is 2. The summed E-state index contributed by atoms with van der Waals surface area (Å²) in [5.74, 6) is 11.1. The highest BCUT2D eigenvalue weighted by Crippen LogP contribution is 2.36. The maximum absolute atomic E-state index is 12.6. The number of aliphatic hydroxyl groups is 2. The van der Waals surface area contributed by atoms with Gasteiger partial charge in [0.15, 0.2) is 0 Å². The van der Waals surface area contributed by atoms with Gasteiger partial charge in [0.1, 0.15) is 11.2 Å². The van der Waals surface area contributed by atoms with Gasteiger partial charge in [0.05, 0.1) is 31.0 Å². The number of fused-ring (bicyclic) bond motifs is 2. The SMILES string of the molecule is CCOC(=O)C1=C(C)Cc2c1c(C#CC(C)(O)C1CCOC1)cn(C)c2=O.CCOC(=O)C1=C(C)Cc2c1c(C#CC1(O)CCN(CC)CC1)cn(C)c2=O. The van der Waals surface area contributed by atoms with E-state index in [1.54, 1.807) is 47.3 Å². The van der Waals surface area contributed by atoms with E-state index in [1.165, 1.54) is 9.13 Å². The zero-order valence-corrected chi connectivity index (χ0v) is 33.3. The number of hydrogen-bond donors (Lipinski definition) is 2. The number of allylic oxidation sites excluding steroid dienone is 2. The summed E-state index contributed by atoms with van der Waals surface area (Å²) in [5, 5.41) is 21.6. The minimum Gasteiger partial charge on any atom is -0.462 e. The molecule has 2 saturated heterocycles. The largest absolute Gasteiger partial charge is 0.462 e. The van der Waals surface area contributed by atoms with E-state index in [9.17, 15) is 29.4 Å². The van der Waals surface area contributed by atoms with Crippen LogP contribution in [0.1, 0.15) is 94.2 Å². The average molecular weight is 756 g/mol. The van der Waals surface area contributed by atoms with E-state index in [-0.39, 0.29) is 30.3 Å². The van der Waals surface area contributed by atoms with Crippen molar-refractivity contribution in [3.05, 3.63) is 77.6 Å². The summed E-state index contributed by atoms with van der Waals surface area (Å²) in [6.07, 6.45) is 6.01.